The summed E-state index contributed by atoms with van der Waals surface area (Å²) in [5, 5.41) is 6.98. The highest BCUT2D eigenvalue weighted by molar-refractivity contribution is 5.68. The van der Waals surface area contributed by atoms with Gasteiger partial charge in [-0.2, -0.15) is 0 Å². The Bertz CT molecular complexity index is 421. The van der Waals surface area contributed by atoms with Gasteiger partial charge in [-0.05, 0) is 65.8 Å². The zero-order valence-corrected chi connectivity index (χ0v) is 14.9. The standard InChI is InChI=1S/C18H33N3O2/c1-18(2,3)23-17(22)20-14-8-6-7-13(14)19-15-10-12-21-11-5-4-9-16(15)21/h13-16,19H,4-12H2,1-3H3,(H,20,22). The molecule has 132 valence electrons. The van der Waals surface area contributed by atoms with E-state index >= 15 is 0 Å². The molecule has 1 amide bonds. The molecular formula is C18H33N3O2. The summed E-state index contributed by atoms with van der Waals surface area (Å²) in [6, 6.07) is 1.92. The number of alkyl carbamates (subject to hydrolysis) is 1. The van der Waals surface area contributed by atoms with E-state index in [9.17, 15) is 4.79 Å². The number of fused-ring (bicyclic) bond motifs is 1. The summed E-state index contributed by atoms with van der Waals surface area (Å²) in [5.74, 6) is 0. The number of amides is 1. The average molecular weight is 323 g/mol. The molecule has 2 heterocycles. The zero-order chi connectivity index (χ0) is 16.4. The molecule has 23 heavy (non-hydrogen) atoms. The van der Waals surface area contributed by atoms with Crippen molar-refractivity contribution in [2.24, 2.45) is 0 Å². The van der Waals surface area contributed by atoms with Gasteiger partial charge >= 0.3 is 6.09 Å². The Labute approximate surface area is 140 Å². The number of nitrogens with one attached hydrogen (secondary N) is 2. The summed E-state index contributed by atoms with van der Waals surface area (Å²) in [4.78, 5) is 14.7. The molecule has 5 nitrogen and oxygen atoms in total. The Hall–Kier alpha value is -0.810. The van der Waals surface area contributed by atoms with Crippen LogP contribution in [0.3, 0.4) is 0 Å². The lowest BCUT2D eigenvalue weighted by atomic mass is 9.98. The number of piperidine rings is 1. The zero-order valence-electron chi connectivity index (χ0n) is 14.9. The number of carbonyl (C=O) groups is 1. The Morgan fingerprint density at radius 2 is 1.74 bits per heavy atom. The Balaban J connectivity index is 1.52. The van der Waals surface area contributed by atoms with Gasteiger partial charge in [0.2, 0.25) is 0 Å². The summed E-state index contributed by atoms with van der Waals surface area (Å²) in [5.41, 5.74) is -0.431. The second-order valence-electron chi connectivity index (χ2n) is 8.45. The van der Waals surface area contributed by atoms with E-state index in [1.807, 2.05) is 20.8 Å². The van der Waals surface area contributed by atoms with Crippen LogP contribution in [0.5, 0.6) is 0 Å². The maximum atomic E-state index is 12.1. The molecule has 2 N–H and O–H groups in total. The first-order valence-corrected chi connectivity index (χ1v) is 9.42. The van der Waals surface area contributed by atoms with Crippen LogP contribution in [0.25, 0.3) is 0 Å². The predicted molar refractivity (Wildman–Crippen MR) is 91.5 cm³/mol. The third-order valence-corrected chi connectivity index (χ3v) is 5.50. The smallest absolute Gasteiger partial charge is 0.407 e. The van der Waals surface area contributed by atoms with E-state index in [4.69, 9.17) is 4.74 Å². The van der Waals surface area contributed by atoms with Crippen molar-refractivity contribution in [2.45, 2.75) is 95.5 Å². The minimum atomic E-state index is -0.431. The maximum Gasteiger partial charge on any atom is 0.407 e. The van der Waals surface area contributed by atoms with Crippen molar-refractivity contribution in [1.29, 1.82) is 0 Å². The minimum Gasteiger partial charge on any atom is -0.444 e. The molecule has 3 aliphatic rings. The van der Waals surface area contributed by atoms with Gasteiger partial charge in [-0.25, -0.2) is 4.79 Å². The largest absolute Gasteiger partial charge is 0.444 e. The molecule has 2 saturated heterocycles. The minimum absolute atomic E-state index is 0.211. The molecular weight excluding hydrogens is 290 g/mol. The van der Waals surface area contributed by atoms with Gasteiger partial charge in [0.1, 0.15) is 5.60 Å². The SMILES string of the molecule is CC(C)(C)OC(=O)NC1CCCC1NC1CCN2CCCCC12. The van der Waals surface area contributed by atoms with Crippen molar-refractivity contribution >= 4 is 6.09 Å². The van der Waals surface area contributed by atoms with Crippen molar-refractivity contribution in [3.63, 3.8) is 0 Å². The number of rotatable bonds is 3. The Morgan fingerprint density at radius 1 is 0.957 bits per heavy atom. The number of carbonyl (C=O) groups excluding carboxylic acids is 1. The fourth-order valence-electron chi connectivity index (χ4n) is 4.51. The number of ether oxygens (including phenoxy) is 1. The summed E-state index contributed by atoms with van der Waals surface area (Å²) in [6.07, 6.45) is 8.41. The van der Waals surface area contributed by atoms with Crippen molar-refractivity contribution in [1.82, 2.24) is 15.5 Å². The highest BCUT2D eigenvalue weighted by Gasteiger charge is 2.39. The Morgan fingerprint density at radius 3 is 2.52 bits per heavy atom. The van der Waals surface area contributed by atoms with Crippen molar-refractivity contribution < 1.29 is 9.53 Å². The van der Waals surface area contributed by atoms with E-state index in [0.29, 0.717) is 18.1 Å². The summed E-state index contributed by atoms with van der Waals surface area (Å²) < 4.78 is 5.42. The first-order chi connectivity index (χ1) is 10.9. The van der Waals surface area contributed by atoms with Crippen LogP contribution < -0.4 is 10.6 Å². The van der Waals surface area contributed by atoms with Crippen LogP contribution in [0, 0.1) is 0 Å². The molecule has 4 unspecified atom stereocenters. The van der Waals surface area contributed by atoms with E-state index in [-0.39, 0.29) is 12.1 Å². The van der Waals surface area contributed by atoms with Gasteiger partial charge in [-0.1, -0.05) is 6.42 Å². The molecule has 0 bridgehead atoms. The third kappa shape index (κ3) is 4.38. The number of hydrogen-bond donors (Lipinski definition) is 2. The molecule has 0 aromatic carbocycles. The number of nitrogens with zero attached hydrogens (tertiary/aromatic N) is 1. The van der Waals surface area contributed by atoms with Gasteiger partial charge in [0, 0.05) is 30.7 Å². The molecule has 1 saturated carbocycles. The second-order valence-corrected chi connectivity index (χ2v) is 8.45. The van der Waals surface area contributed by atoms with Gasteiger partial charge in [0.05, 0.1) is 0 Å². The summed E-state index contributed by atoms with van der Waals surface area (Å²) in [7, 11) is 0. The highest BCUT2D eigenvalue weighted by Crippen LogP contribution is 2.29. The van der Waals surface area contributed by atoms with E-state index in [0.717, 1.165) is 12.8 Å². The van der Waals surface area contributed by atoms with E-state index in [2.05, 4.69) is 15.5 Å². The van der Waals surface area contributed by atoms with Crippen molar-refractivity contribution in [3.8, 4) is 0 Å². The van der Waals surface area contributed by atoms with Gasteiger partial charge in [0.25, 0.3) is 0 Å². The van der Waals surface area contributed by atoms with E-state index in [1.165, 1.54) is 45.2 Å². The highest BCUT2D eigenvalue weighted by atomic mass is 16.6. The molecule has 2 aliphatic heterocycles. The lowest BCUT2D eigenvalue weighted by molar-refractivity contribution is 0.0495. The fourth-order valence-corrected chi connectivity index (χ4v) is 4.51. The van der Waals surface area contributed by atoms with Crippen LogP contribution in [0.15, 0.2) is 0 Å². The molecule has 0 spiro atoms. The predicted octanol–water partition coefficient (Wildman–Crippen LogP) is 2.65. The number of hydrogen-bond acceptors (Lipinski definition) is 4. The van der Waals surface area contributed by atoms with Crippen molar-refractivity contribution in [3.05, 3.63) is 0 Å². The first-order valence-electron chi connectivity index (χ1n) is 9.42. The van der Waals surface area contributed by atoms with Crippen LogP contribution >= 0.6 is 0 Å². The lowest BCUT2D eigenvalue weighted by Gasteiger charge is -2.35. The topological polar surface area (TPSA) is 53.6 Å². The van der Waals surface area contributed by atoms with Crippen LogP contribution in [0.2, 0.25) is 0 Å². The van der Waals surface area contributed by atoms with Gasteiger partial charge in [-0.15, -0.1) is 0 Å². The summed E-state index contributed by atoms with van der Waals surface area (Å²) >= 11 is 0. The van der Waals surface area contributed by atoms with Gasteiger partial charge in [0.15, 0.2) is 0 Å². The monoisotopic (exact) mass is 323 g/mol. The summed E-state index contributed by atoms with van der Waals surface area (Å²) in [6.45, 7) is 8.24. The third-order valence-electron chi connectivity index (χ3n) is 5.50. The fraction of sp³-hybridized carbons (Fsp3) is 0.944. The molecule has 5 heteroatoms. The van der Waals surface area contributed by atoms with E-state index < -0.39 is 5.60 Å². The second kappa shape index (κ2) is 6.98. The van der Waals surface area contributed by atoms with Gasteiger partial charge < -0.3 is 15.4 Å². The van der Waals surface area contributed by atoms with Crippen LogP contribution in [-0.2, 0) is 4.74 Å². The maximum absolute atomic E-state index is 12.1. The van der Waals surface area contributed by atoms with E-state index in [1.54, 1.807) is 0 Å². The van der Waals surface area contributed by atoms with Crippen LogP contribution in [0.4, 0.5) is 4.79 Å². The normalized spacial score (nSPS) is 35.1. The molecule has 3 fully saturated rings. The molecule has 0 radical (unpaired) electrons. The van der Waals surface area contributed by atoms with Crippen molar-refractivity contribution in [2.75, 3.05) is 13.1 Å². The van der Waals surface area contributed by atoms with Crippen LogP contribution in [-0.4, -0.2) is 53.9 Å². The first kappa shape index (κ1) is 17.0. The molecule has 3 rings (SSSR count). The molecule has 4 atom stereocenters. The molecule has 1 aliphatic carbocycles. The molecule has 0 aromatic heterocycles. The van der Waals surface area contributed by atoms with Gasteiger partial charge in [-0.3, -0.25) is 4.90 Å². The van der Waals surface area contributed by atoms with Crippen LogP contribution in [0.1, 0.15) is 65.7 Å². The average Bonchev–Trinajstić information content (AvgIpc) is 3.05. The Kier molecular flexibility index (Phi) is 5.16. The molecule has 0 aromatic rings. The lowest BCUT2D eigenvalue weighted by Crippen LogP contribution is -2.54. The quantitative estimate of drug-likeness (QED) is 0.838.